The molecule has 2 amide bonds. The molecule has 0 saturated heterocycles. The lowest BCUT2D eigenvalue weighted by atomic mass is 10.2. The Morgan fingerprint density at radius 2 is 1.97 bits per heavy atom. The van der Waals surface area contributed by atoms with Crippen LogP contribution in [0.15, 0.2) is 51.8 Å². The number of hydrogen-bond acceptors (Lipinski definition) is 4. The number of hydrogen-bond donors (Lipinski definition) is 1. The number of fused-ring (bicyclic) bond motifs is 1. The molecule has 0 radical (unpaired) electrons. The monoisotopic (exact) mass is 490 g/mol. The van der Waals surface area contributed by atoms with Crippen molar-refractivity contribution in [3.05, 3.63) is 52.5 Å². The first-order valence-electron chi connectivity index (χ1n) is 9.99. The third-order valence-corrected chi connectivity index (χ3v) is 8.21. The van der Waals surface area contributed by atoms with E-state index in [2.05, 4.69) is 21.2 Å². The quantitative estimate of drug-likeness (QED) is 0.664. The predicted molar refractivity (Wildman–Crippen MR) is 119 cm³/mol. The van der Waals surface area contributed by atoms with Gasteiger partial charge < -0.3 is 10.2 Å². The number of rotatable bonds is 6. The molecule has 1 atom stereocenters. The Morgan fingerprint density at radius 1 is 1.20 bits per heavy atom. The number of nitrogens with one attached hydrogen (secondary N) is 1. The number of amides is 2. The van der Waals surface area contributed by atoms with Gasteiger partial charge in [0.2, 0.25) is 11.8 Å². The van der Waals surface area contributed by atoms with E-state index in [-0.39, 0.29) is 29.0 Å². The van der Waals surface area contributed by atoms with Gasteiger partial charge in [-0.1, -0.05) is 22.0 Å². The molecule has 4 rings (SSSR count). The van der Waals surface area contributed by atoms with E-state index in [4.69, 9.17) is 0 Å². The summed E-state index contributed by atoms with van der Waals surface area (Å²) in [6.45, 7) is 2.14. The summed E-state index contributed by atoms with van der Waals surface area (Å²) in [5.41, 5.74) is 2.29. The Morgan fingerprint density at radius 3 is 2.67 bits per heavy atom. The third-order valence-electron chi connectivity index (χ3n) is 5.58. The second-order valence-electron chi connectivity index (χ2n) is 7.92. The van der Waals surface area contributed by atoms with Crippen molar-refractivity contribution in [2.75, 3.05) is 16.8 Å². The van der Waals surface area contributed by atoms with E-state index in [9.17, 15) is 18.0 Å². The molecule has 1 heterocycles. The summed E-state index contributed by atoms with van der Waals surface area (Å²) in [7, 11) is -3.67. The van der Waals surface area contributed by atoms with Crippen LogP contribution < -0.4 is 10.2 Å². The largest absolute Gasteiger partial charge is 0.326 e. The molecule has 2 aliphatic rings. The van der Waals surface area contributed by atoms with Crippen molar-refractivity contribution in [3.63, 3.8) is 0 Å². The average molecular weight is 491 g/mol. The number of carbonyl (C=O) groups is 2. The van der Waals surface area contributed by atoms with Crippen molar-refractivity contribution in [3.8, 4) is 0 Å². The van der Waals surface area contributed by atoms with Gasteiger partial charge in [-0.2, -0.15) is 0 Å². The number of benzene rings is 2. The van der Waals surface area contributed by atoms with Crippen LogP contribution in [0, 0.1) is 5.92 Å². The summed E-state index contributed by atoms with van der Waals surface area (Å²) in [5.74, 6) is -0.0865. The van der Waals surface area contributed by atoms with Crippen LogP contribution in [-0.2, 0) is 25.8 Å². The molecule has 1 N–H and O–H groups in total. The number of anilines is 2. The van der Waals surface area contributed by atoms with E-state index >= 15 is 0 Å². The molecule has 0 aromatic heterocycles. The summed E-state index contributed by atoms with van der Waals surface area (Å²) in [4.78, 5) is 26.7. The lowest BCUT2D eigenvalue weighted by Gasteiger charge is -2.18. The normalized spacial score (nSPS) is 16.8. The fourth-order valence-electron chi connectivity index (χ4n) is 3.72. The predicted octanol–water partition coefficient (Wildman–Crippen LogP) is 3.94. The van der Waals surface area contributed by atoms with Gasteiger partial charge >= 0.3 is 0 Å². The van der Waals surface area contributed by atoms with Crippen LogP contribution in [-0.4, -0.2) is 32.0 Å². The standard InChI is InChI=1S/C22H23BrN2O4S/c1-14(11-21(26)24-18-4-2-3-17(23)13-18)30(28,29)19-7-8-20-16(12-19)9-10-25(20)22(27)15-5-6-15/h2-4,7-8,12-15H,5-6,9-11H2,1H3,(H,24,26). The van der Waals surface area contributed by atoms with Crippen LogP contribution in [0.5, 0.6) is 0 Å². The Balaban J connectivity index is 1.46. The first kappa shape index (κ1) is 21.1. The van der Waals surface area contributed by atoms with Gasteiger partial charge in [-0.3, -0.25) is 9.59 Å². The Hall–Kier alpha value is -2.19. The summed E-state index contributed by atoms with van der Waals surface area (Å²) >= 11 is 3.34. The van der Waals surface area contributed by atoms with Crippen LogP contribution in [0.25, 0.3) is 0 Å². The SMILES string of the molecule is CC(CC(=O)Nc1cccc(Br)c1)S(=O)(=O)c1ccc2c(c1)CCN2C(=O)C1CC1. The average Bonchev–Trinajstić information content (AvgIpc) is 3.46. The number of nitrogens with zero attached hydrogens (tertiary/aromatic N) is 1. The maximum Gasteiger partial charge on any atom is 0.230 e. The van der Waals surface area contributed by atoms with Crippen molar-refractivity contribution in [1.29, 1.82) is 0 Å². The van der Waals surface area contributed by atoms with Gasteiger partial charge in [0.1, 0.15) is 0 Å². The lowest BCUT2D eigenvalue weighted by molar-refractivity contribution is -0.119. The molecule has 1 fully saturated rings. The van der Waals surface area contributed by atoms with E-state index in [0.29, 0.717) is 18.7 Å². The van der Waals surface area contributed by atoms with E-state index in [1.165, 1.54) is 0 Å². The molecule has 1 aliphatic carbocycles. The smallest absolute Gasteiger partial charge is 0.230 e. The van der Waals surface area contributed by atoms with Crippen molar-refractivity contribution in [2.24, 2.45) is 5.92 Å². The zero-order valence-electron chi connectivity index (χ0n) is 16.6. The minimum absolute atomic E-state index is 0.128. The van der Waals surface area contributed by atoms with Crippen LogP contribution in [0.3, 0.4) is 0 Å². The van der Waals surface area contributed by atoms with Gasteiger partial charge in [-0.15, -0.1) is 0 Å². The van der Waals surface area contributed by atoms with Crippen molar-refractivity contribution in [1.82, 2.24) is 0 Å². The van der Waals surface area contributed by atoms with Crippen molar-refractivity contribution >= 4 is 49.0 Å². The highest BCUT2D eigenvalue weighted by Crippen LogP contribution is 2.37. The van der Waals surface area contributed by atoms with E-state index in [1.807, 2.05) is 6.07 Å². The zero-order chi connectivity index (χ0) is 21.5. The van der Waals surface area contributed by atoms with Gasteiger partial charge in [0.15, 0.2) is 9.84 Å². The number of sulfone groups is 1. The highest BCUT2D eigenvalue weighted by atomic mass is 79.9. The number of halogens is 1. The molecule has 1 saturated carbocycles. The molecule has 158 valence electrons. The molecular formula is C22H23BrN2O4S. The number of carbonyl (C=O) groups excluding carboxylic acids is 2. The molecule has 30 heavy (non-hydrogen) atoms. The summed E-state index contributed by atoms with van der Waals surface area (Å²) in [5, 5.41) is 1.87. The molecule has 8 heteroatoms. The van der Waals surface area contributed by atoms with Crippen LogP contribution in [0.2, 0.25) is 0 Å². The third kappa shape index (κ3) is 4.30. The fourth-order valence-corrected chi connectivity index (χ4v) is 5.51. The molecule has 1 unspecified atom stereocenters. The van der Waals surface area contributed by atoms with E-state index in [0.717, 1.165) is 28.6 Å². The van der Waals surface area contributed by atoms with Gasteiger partial charge in [-0.05, 0) is 68.1 Å². The summed E-state index contributed by atoms with van der Waals surface area (Å²) in [6, 6.07) is 12.1. The van der Waals surface area contributed by atoms with Crippen LogP contribution in [0.4, 0.5) is 11.4 Å². The topological polar surface area (TPSA) is 83.6 Å². The summed E-state index contributed by atoms with van der Waals surface area (Å²) < 4.78 is 26.9. The lowest BCUT2D eigenvalue weighted by Crippen LogP contribution is -2.30. The zero-order valence-corrected chi connectivity index (χ0v) is 19.0. The molecule has 1 aliphatic heterocycles. The van der Waals surface area contributed by atoms with Crippen molar-refractivity contribution < 1.29 is 18.0 Å². The first-order chi connectivity index (χ1) is 14.3. The Bertz CT molecular complexity index is 1110. The van der Waals surface area contributed by atoms with Gasteiger partial charge in [0.25, 0.3) is 0 Å². The van der Waals surface area contributed by atoms with E-state index in [1.54, 1.807) is 48.2 Å². The highest BCUT2D eigenvalue weighted by molar-refractivity contribution is 9.10. The second-order valence-corrected chi connectivity index (χ2v) is 11.2. The molecule has 2 aromatic carbocycles. The van der Waals surface area contributed by atoms with Gasteiger partial charge in [-0.25, -0.2) is 8.42 Å². The minimum atomic E-state index is -3.67. The Labute approximate surface area is 184 Å². The summed E-state index contributed by atoms with van der Waals surface area (Å²) in [6.07, 6.45) is 2.39. The molecule has 6 nitrogen and oxygen atoms in total. The minimum Gasteiger partial charge on any atom is -0.326 e. The Kier molecular flexibility index (Phi) is 5.72. The highest BCUT2D eigenvalue weighted by Gasteiger charge is 2.37. The molecular weight excluding hydrogens is 468 g/mol. The van der Waals surface area contributed by atoms with Crippen molar-refractivity contribution in [2.45, 2.75) is 42.8 Å². The first-order valence-corrected chi connectivity index (χ1v) is 12.3. The van der Waals surface area contributed by atoms with Crippen LogP contribution in [0.1, 0.15) is 31.7 Å². The van der Waals surface area contributed by atoms with Crippen LogP contribution >= 0.6 is 15.9 Å². The fraction of sp³-hybridized carbons (Fsp3) is 0.364. The van der Waals surface area contributed by atoms with E-state index < -0.39 is 15.1 Å². The van der Waals surface area contributed by atoms with Gasteiger partial charge in [0.05, 0.1) is 10.1 Å². The second kappa shape index (κ2) is 8.15. The maximum absolute atomic E-state index is 13.0. The molecule has 0 spiro atoms. The molecule has 0 bridgehead atoms. The van der Waals surface area contributed by atoms with Gasteiger partial charge in [0, 0.05) is 34.7 Å². The molecule has 2 aromatic rings. The maximum atomic E-state index is 13.0.